The van der Waals surface area contributed by atoms with Crippen LogP contribution in [-0.2, 0) is 11.3 Å². The molecule has 0 radical (unpaired) electrons. The van der Waals surface area contributed by atoms with Crippen LogP contribution in [0.15, 0.2) is 42.5 Å². The van der Waals surface area contributed by atoms with Gasteiger partial charge in [0.25, 0.3) is 0 Å². The molecule has 0 atom stereocenters. The van der Waals surface area contributed by atoms with E-state index in [0.29, 0.717) is 11.6 Å². The van der Waals surface area contributed by atoms with E-state index >= 15 is 0 Å². The standard InChI is InChI=1S/C17H19ClN2O/c1-12-4-3-5-14(8-12)10-20-17(21)11-19-16-7-6-15(18)9-13(16)2/h3-9,19H,10-11H2,1-2H3,(H,20,21). The van der Waals surface area contributed by atoms with Crippen molar-refractivity contribution in [2.24, 2.45) is 0 Å². The molecule has 2 aromatic rings. The molecule has 0 fully saturated rings. The van der Waals surface area contributed by atoms with Gasteiger partial charge >= 0.3 is 0 Å². The number of benzene rings is 2. The van der Waals surface area contributed by atoms with Crippen LogP contribution in [0.1, 0.15) is 16.7 Å². The number of nitrogens with one attached hydrogen (secondary N) is 2. The van der Waals surface area contributed by atoms with Gasteiger partial charge in [0.05, 0.1) is 6.54 Å². The molecular weight excluding hydrogens is 284 g/mol. The predicted molar refractivity (Wildman–Crippen MR) is 87.7 cm³/mol. The zero-order valence-corrected chi connectivity index (χ0v) is 13.0. The third-order valence-corrected chi connectivity index (χ3v) is 3.44. The maximum absolute atomic E-state index is 11.9. The van der Waals surface area contributed by atoms with Crippen molar-refractivity contribution in [2.45, 2.75) is 20.4 Å². The summed E-state index contributed by atoms with van der Waals surface area (Å²) in [5, 5.41) is 6.71. The molecule has 0 aromatic heterocycles. The molecule has 0 unspecified atom stereocenters. The molecule has 2 aromatic carbocycles. The Morgan fingerprint density at radius 2 is 1.95 bits per heavy atom. The first-order valence-corrected chi connectivity index (χ1v) is 7.24. The van der Waals surface area contributed by atoms with E-state index in [9.17, 15) is 4.79 Å². The Labute approximate surface area is 130 Å². The van der Waals surface area contributed by atoms with Crippen molar-refractivity contribution in [3.63, 3.8) is 0 Å². The minimum Gasteiger partial charge on any atom is -0.376 e. The van der Waals surface area contributed by atoms with Gasteiger partial charge in [-0.3, -0.25) is 4.79 Å². The number of anilines is 1. The lowest BCUT2D eigenvalue weighted by molar-refractivity contribution is -0.119. The molecule has 0 saturated carbocycles. The fraction of sp³-hybridized carbons (Fsp3) is 0.235. The molecule has 0 spiro atoms. The average molecular weight is 303 g/mol. The third kappa shape index (κ3) is 4.80. The van der Waals surface area contributed by atoms with Crippen LogP contribution in [0, 0.1) is 13.8 Å². The topological polar surface area (TPSA) is 41.1 Å². The lowest BCUT2D eigenvalue weighted by Crippen LogP contribution is -2.29. The van der Waals surface area contributed by atoms with Gasteiger partial charge in [0.1, 0.15) is 0 Å². The second-order valence-electron chi connectivity index (χ2n) is 5.08. The predicted octanol–water partition coefficient (Wildman–Crippen LogP) is 3.69. The van der Waals surface area contributed by atoms with Crippen LogP contribution >= 0.6 is 11.6 Å². The zero-order chi connectivity index (χ0) is 15.2. The van der Waals surface area contributed by atoms with E-state index in [1.165, 1.54) is 5.56 Å². The molecule has 3 nitrogen and oxygen atoms in total. The Morgan fingerprint density at radius 1 is 1.14 bits per heavy atom. The minimum absolute atomic E-state index is 0.0362. The SMILES string of the molecule is Cc1cccc(CNC(=O)CNc2ccc(Cl)cc2C)c1. The smallest absolute Gasteiger partial charge is 0.239 e. The number of amides is 1. The zero-order valence-electron chi connectivity index (χ0n) is 12.2. The van der Waals surface area contributed by atoms with Crippen molar-refractivity contribution in [2.75, 3.05) is 11.9 Å². The first kappa shape index (κ1) is 15.4. The van der Waals surface area contributed by atoms with Gasteiger partial charge in [0.2, 0.25) is 5.91 Å². The lowest BCUT2D eigenvalue weighted by Gasteiger charge is -2.10. The number of hydrogen-bond acceptors (Lipinski definition) is 2. The van der Waals surface area contributed by atoms with Crippen molar-refractivity contribution < 1.29 is 4.79 Å². The van der Waals surface area contributed by atoms with E-state index < -0.39 is 0 Å². The highest BCUT2D eigenvalue weighted by atomic mass is 35.5. The Kier molecular flexibility index (Phi) is 5.23. The number of aryl methyl sites for hydroxylation is 2. The summed E-state index contributed by atoms with van der Waals surface area (Å²) in [5.41, 5.74) is 4.24. The molecule has 21 heavy (non-hydrogen) atoms. The Hall–Kier alpha value is -2.00. The van der Waals surface area contributed by atoms with Crippen molar-refractivity contribution in [1.82, 2.24) is 5.32 Å². The molecule has 0 aliphatic carbocycles. The summed E-state index contributed by atoms with van der Waals surface area (Å²) in [5.74, 6) is -0.0362. The molecule has 110 valence electrons. The molecule has 1 amide bonds. The lowest BCUT2D eigenvalue weighted by atomic mass is 10.1. The highest BCUT2D eigenvalue weighted by molar-refractivity contribution is 6.30. The van der Waals surface area contributed by atoms with Crippen molar-refractivity contribution in [3.8, 4) is 0 Å². The van der Waals surface area contributed by atoms with Crippen LogP contribution in [0.3, 0.4) is 0 Å². The third-order valence-electron chi connectivity index (χ3n) is 3.20. The summed E-state index contributed by atoms with van der Waals surface area (Å²) in [7, 11) is 0. The Morgan fingerprint density at radius 3 is 2.67 bits per heavy atom. The van der Waals surface area contributed by atoms with Crippen LogP contribution in [0.5, 0.6) is 0 Å². The van der Waals surface area contributed by atoms with Gasteiger partial charge in [-0.05, 0) is 43.2 Å². The average Bonchev–Trinajstić information content (AvgIpc) is 2.44. The summed E-state index contributed by atoms with van der Waals surface area (Å²) in [6, 6.07) is 13.7. The molecular formula is C17H19ClN2O. The van der Waals surface area contributed by atoms with Gasteiger partial charge in [-0.1, -0.05) is 41.4 Å². The summed E-state index contributed by atoms with van der Waals surface area (Å²) in [6.07, 6.45) is 0. The fourth-order valence-corrected chi connectivity index (χ4v) is 2.31. The van der Waals surface area contributed by atoms with E-state index in [1.807, 2.05) is 50.2 Å². The molecule has 0 aliphatic rings. The monoisotopic (exact) mass is 302 g/mol. The van der Waals surface area contributed by atoms with Gasteiger partial charge in [-0.2, -0.15) is 0 Å². The summed E-state index contributed by atoms with van der Waals surface area (Å²) in [4.78, 5) is 11.9. The van der Waals surface area contributed by atoms with Gasteiger partial charge in [-0.15, -0.1) is 0 Å². The van der Waals surface area contributed by atoms with Crippen molar-refractivity contribution >= 4 is 23.2 Å². The maximum atomic E-state index is 11.9. The molecule has 2 N–H and O–H groups in total. The second-order valence-corrected chi connectivity index (χ2v) is 5.52. The summed E-state index contributed by atoms with van der Waals surface area (Å²) < 4.78 is 0. The van der Waals surface area contributed by atoms with E-state index in [2.05, 4.69) is 16.7 Å². The first-order chi connectivity index (χ1) is 10.0. The van der Waals surface area contributed by atoms with E-state index in [0.717, 1.165) is 16.8 Å². The second kappa shape index (κ2) is 7.14. The van der Waals surface area contributed by atoms with Gasteiger partial charge < -0.3 is 10.6 Å². The number of carbonyl (C=O) groups excluding carboxylic acids is 1. The van der Waals surface area contributed by atoms with Crippen molar-refractivity contribution in [1.29, 1.82) is 0 Å². The highest BCUT2D eigenvalue weighted by Gasteiger charge is 2.03. The van der Waals surface area contributed by atoms with E-state index in [-0.39, 0.29) is 12.5 Å². The minimum atomic E-state index is -0.0362. The molecule has 2 rings (SSSR count). The molecule has 0 bridgehead atoms. The van der Waals surface area contributed by atoms with Crippen molar-refractivity contribution in [3.05, 3.63) is 64.2 Å². The molecule has 0 saturated heterocycles. The maximum Gasteiger partial charge on any atom is 0.239 e. The van der Waals surface area contributed by atoms with Crippen LogP contribution in [0.2, 0.25) is 5.02 Å². The van der Waals surface area contributed by atoms with Gasteiger partial charge in [0.15, 0.2) is 0 Å². The fourth-order valence-electron chi connectivity index (χ4n) is 2.09. The number of hydrogen-bond donors (Lipinski definition) is 2. The van der Waals surface area contributed by atoms with Gasteiger partial charge in [0, 0.05) is 17.3 Å². The highest BCUT2D eigenvalue weighted by Crippen LogP contribution is 2.19. The van der Waals surface area contributed by atoms with Gasteiger partial charge in [-0.25, -0.2) is 0 Å². The van der Waals surface area contributed by atoms with Crippen LogP contribution in [0.4, 0.5) is 5.69 Å². The van der Waals surface area contributed by atoms with Crippen LogP contribution in [0.25, 0.3) is 0 Å². The Balaban J connectivity index is 1.82. The first-order valence-electron chi connectivity index (χ1n) is 6.87. The van der Waals surface area contributed by atoms with Crippen LogP contribution in [-0.4, -0.2) is 12.5 Å². The van der Waals surface area contributed by atoms with E-state index in [1.54, 1.807) is 0 Å². The summed E-state index contributed by atoms with van der Waals surface area (Å²) in [6.45, 7) is 4.78. The number of carbonyl (C=O) groups is 1. The summed E-state index contributed by atoms with van der Waals surface area (Å²) >= 11 is 5.90. The molecule has 4 heteroatoms. The quantitative estimate of drug-likeness (QED) is 0.884. The number of halogens is 1. The Bertz CT molecular complexity index is 640. The largest absolute Gasteiger partial charge is 0.376 e. The van der Waals surface area contributed by atoms with Crippen LogP contribution < -0.4 is 10.6 Å². The normalized spacial score (nSPS) is 10.2. The molecule has 0 heterocycles. The molecule has 0 aliphatic heterocycles. The number of rotatable bonds is 5. The van der Waals surface area contributed by atoms with E-state index in [4.69, 9.17) is 11.6 Å².